The summed E-state index contributed by atoms with van der Waals surface area (Å²) in [5, 5.41) is 0. The molecule has 3 heteroatoms. The quantitative estimate of drug-likeness (QED) is 0.813. The van der Waals surface area contributed by atoms with Crippen molar-refractivity contribution in [3.8, 4) is 5.75 Å². The van der Waals surface area contributed by atoms with E-state index in [4.69, 9.17) is 10.5 Å². The smallest absolute Gasteiger partial charge is 0.123 e. The second kappa shape index (κ2) is 6.85. The molecule has 0 spiro atoms. The number of anilines is 2. The number of methoxy groups -OCH3 is 1. The van der Waals surface area contributed by atoms with E-state index in [0.29, 0.717) is 0 Å². The fourth-order valence-corrected chi connectivity index (χ4v) is 2.29. The number of rotatable bonds is 6. The molecule has 0 aliphatic rings. The maximum Gasteiger partial charge on any atom is 0.123 e. The number of nitrogens with two attached hydrogens (primary N) is 1. The molecule has 2 rings (SSSR count). The normalized spacial score (nSPS) is 10.3. The summed E-state index contributed by atoms with van der Waals surface area (Å²) in [4.78, 5) is 2.34. The van der Waals surface area contributed by atoms with Crippen molar-refractivity contribution in [3.05, 3.63) is 54.1 Å². The van der Waals surface area contributed by atoms with Crippen LogP contribution in [0.25, 0.3) is 0 Å². The van der Waals surface area contributed by atoms with Gasteiger partial charge in [0.05, 0.1) is 7.11 Å². The number of hydrogen-bond donors (Lipinski definition) is 1. The Labute approximate surface area is 121 Å². The maximum absolute atomic E-state index is 5.76. The lowest BCUT2D eigenvalue weighted by atomic mass is 10.1. The molecule has 0 heterocycles. The molecule has 0 atom stereocenters. The lowest BCUT2D eigenvalue weighted by Crippen LogP contribution is -2.23. The largest absolute Gasteiger partial charge is 0.496 e. The summed E-state index contributed by atoms with van der Waals surface area (Å²) in [6.07, 6.45) is 1.10. The molecule has 0 aliphatic heterocycles. The van der Waals surface area contributed by atoms with Gasteiger partial charge in [0.25, 0.3) is 0 Å². The lowest BCUT2D eigenvalue weighted by Gasteiger charge is -2.25. The summed E-state index contributed by atoms with van der Waals surface area (Å²) in [6, 6.07) is 16.2. The summed E-state index contributed by atoms with van der Waals surface area (Å²) >= 11 is 0. The third-order valence-electron chi connectivity index (χ3n) is 3.31. The number of ether oxygens (including phenoxy) is 1. The Morgan fingerprint density at radius 2 is 1.75 bits per heavy atom. The third kappa shape index (κ3) is 3.44. The first-order valence-electron chi connectivity index (χ1n) is 6.97. The predicted octanol–water partition coefficient (Wildman–Crippen LogP) is 3.69. The number of nitrogens with zero attached hydrogens (tertiary/aromatic N) is 1. The minimum absolute atomic E-state index is 0.794. The first-order valence-corrected chi connectivity index (χ1v) is 6.97. The van der Waals surface area contributed by atoms with Gasteiger partial charge in [-0.2, -0.15) is 0 Å². The number of hydrogen-bond acceptors (Lipinski definition) is 3. The van der Waals surface area contributed by atoms with Crippen molar-refractivity contribution >= 4 is 11.4 Å². The van der Waals surface area contributed by atoms with Crippen LogP contribution < -0.4 is 15.4 Å². The maximum atomic E-state index is 5.76. The van der Waals surface area contributed by atoms with E-state index in [1.165, 1.54) is 11.3 Å². The van der Waals surface area contributed by atoms with Crippen molar-refractivity contribution in [1.82, 2.24) is 0 Å². The molecule has 0 bridgehead atoms. The van der Waals surface area contributed by atoms with Crippen LogP contribution in [0, 0.1) is 0 Å². The molecule has 0 aromatic heterocycles. The Kier molecular flexibility index (Phi) is 4.88. The number of para-hydroxylation sites is 1. The van der Waals surface area contributed by atoms with E-state index in [1.54, 1.807) is 7.11 Å². The van der Waals surface area contributed by atoms with Gasteiger partial charge in [-0.3, -0.25) is 0 Å². The fourth-order valence-electron chi connectivity index (χ4n) is 2.29. The van der Waals surface area contributed by atoms with Gasteiger partial charge < -0.3 is 15.4 Å². The molecule has 2 aromatic rings. The Morgan fingerprint density at radius 3 is 2.40 bits per heavy atom. The first kappa shape index (κ1) is 14.3. The Balaban J connectivity index is 2.23. The van der Waals surface area contributed by atoms with Crippen LogP contribution in [-0.2, 0) is 6.54 Å². The molecular formula is C17H22N2O. The Hall–Kier alpha value is -2.16. The van der Waals surface area contributed by atoms with E-state index in [0.717, 1.165) is 30.9 Å². The highest BCUT2D eigenvalue weighted by Crippen LogP contribution is 2.24. The number of nitrogen functional groups attached to an aromatic ring is 1. The van der Waals surface area contributed by atoms with Gasteiger partial charge in [0.1, 0.15) is 5.75 Å². The SMILES string of the molecule is CCCN(Cc1ccccc1OC)c1ccc(N)cc1. The van der Waals surface area contributed by atoms with Crippen LogP contribution >= 0.6 is 0 Å². The topological polar surface area (TPSA) is 38.5 Å². The van der Waals surface area contributed by atoms with Gasteiger partial charge in [-0.15, -0.1) is 0 Å². The van der Waals surface area contributed by atoms with Crippen molar-refractivity contribution < 1.29 is 4.74 Å². The van der Waals surface area contributed by atoms with Gasteiger partial charge in [0.15, 0.2) is 0 Å². The van der Waals surface area contributed by atoms with Gasteiger partial charge >= 0.3 is 0 Å². The second-order valence-electron chi connectivity index (χ2n) is 4.82. The second-order valence-corrected chi connectivity index (χ2v) is 4.82. The molecule has 0 saturated heterocycles. The van der Waals surface area contributed by atoms with Gasteiger partial charge in [0.2, 0.25) is 0 Å². The highest BCUT2D eigenvalue weighted by atomic mass is 16.5. The molecule has 0 radical (unpaired) electrons. The van der Waals surface area contributed by atoms with Crippen LogP contribution in [0.2, 0.25) is 0 Å². The van der Waals surface area contributed by atoms with Gasteiger partial charge in [-0.25, -0.2) is 0 Å². The lowest BCUT2D eigenvalue weighted by molar-refractivity contribution is 0.409. The average molecular weight is 270 g/mol. The first-order chi connectivity index (χ1) is 9.74. The third-order valence-corrected chi connectivity index (χ3v) is 3.31. The van der Waals surface area contributed by atoms with Gasteiger partial charge in [-0.05, 0) is 36.8 Å². The molecule has 3 nitrogen and oxygen atoms in total. The highest BCUT2D eigenvalue weighted by molar-refractivity contribution is 5.54. The Morgan fingerprint density at radius 1 is 1.05 bits per heavy atom. The van der Waals surface area contributed by atoms with Crippen LogP contribution in [0.4, 0.5) is 11.4 Å². The van der Waals surface area contributed by atoms with Crippen molar-refractivity contribution in [3.63, 3.8) is 0 Å². The summed E-state index contributed by atoms with van der Waals surface area (Å²) in [7, 11) is 1.71. The molecular weight excluding hydrogens is 248 g/mol. The van der Waals surface area contributed by atoms with Gasteiger partial charge in [-0.1, -0.05) is 25.1 Å². The van der Waals surface area contributed by atoms with Crippen molar-refractivity contribution in [2.75, 3.05) is 24.3 Å². The molecule has 2 N–H and O–H groups in total. The van der Waals surface area contributed by atoms with E-state index in [1.807, 2.05) is 30.3 Å². The number of benzene rings is 2. The molecule has 0 saturated carbocycles. The van der Waals surface area contributed by atoms with E-state index >= 15 is 0 Å². The highest BCUT2D eigenvalue weighted by Gasteiger charge is 2.09. The zero-order valence-electron chi connectivity index (χ0n) is 12.2. The molecule has 0 amide bonds. The minimum atomic E-state index is 0.794. The molecule has 0 aliphatic carbocycles. The predicted molar refractivity (Wildman–Crippen MR) is 85.2 cm³/mol. The van der Waals surface area contributed by atoms with Crippen LogP contribution in [0.15, 0.2) is 48.5 Å². The van der Waals surface area contributed by atoms with Crippen LogP contribution in [0.1, 0.15) is 18.9 Å². The summed E-state index contributed by atoms with van der Waals surface area (Å²) < 4.78 is 5.43. The fraction of sp³-hybridized carbons (Fsp3) is 0.294. The van der Waals surface area contributed by atoms with Crippen molar-refractivity contribution in [2.45, 2.75) is 19.9 Å². The van der Waals surface area contributed by atoms with Crippen molar-refractivity contribution in [2.24, 2.45) is 0 Å². The molecule has 106 valence electrons. The standard InChI is InChI=1S/C17H22N2O/c1-3-12-19(16-10-8-15(18)9-11-16)13-14-6-4-5-7-17(14)20-2/h4-11H,3,12-13,18H2,1-2H3. The van der Waals surface area contributed by atoms with E-state index in [-0.39, 0.29) is 0 Å². The van der Waals surface area contributed by atoms with E-state index in [9.17, 15) is 0 Å². The summed E-state index contributed by atoms with van der Waals surface area (Å²) in [5.74, 6) is 0.934. The van der Waals surface area contributed by atoms with Crippen LogP contribution in [0.5, 0.6) is 5.75 Å². The van der Waals surface area contributed by atoms with Crippen molar-refractivity contribution in [1.29, 1.82) is 0 Å². The van der Waals surface area contributed by atoms with Crippen LogP contribution in [-0.4, -0.2) is 13.7 Å². The zero-order valence-corrected chi connectivity index (χ0v) is 12.2. The van der Waals surface area contributed by atoms with Gasteiger partial charge in [0, 0.05) is 30.0 Å². The van der Waals surface area contributed by atoms with Crippen LogP contribution in [0.3, 0.4) is 0 Å². The zero-order chi connectivity index (χ0) is 14.4. The molecule has 2 aromatic carbocycles. The summed E-state index contributed by atoms with van der Waals surface area (Å²) in [5.41, 5.74) is 8.94. The molecule has 20 heavy (non-hydrogen) atoms. The Bertz CT molecular complexity index is 537. The summed E-state index contributed by atoms with van der Waals surface area (Å²) in [6.45, 7) is 4.02. The monoisotopic (exact) mass is 270 g/mol. The van der Waals surface area contributed by atoms with E-state index < -0.39 is 0 Å². The molecule has 0 fully saturated rings. The average Bonchev–Trinajstić information content (AvgIpc) is 2.48. The minimum Gasteiger partial charge on any atom is -0.496 e. The van der Waals surface area contributed by atoms with E-state index in [2.05, 4.69) is 30.0 Å². The molecule has 0 unspecified atom stereocenters.